The average molecular weight is 319 g/mol. The fourth-order valence-corrected chi connectivity index (χ4v) is 4.29. The maximum atomic E-state index is 6.41. The predicted octanol–water partition coefficient (Wildman–Crippen LogP) is 4.24. The van der Waals surface area contributed by atoms with Gasteiger partial charge in [0, 0.05) is 23.7 Å². The van der Waals surface area contributed by atoms with Crippen LogP contribution in [0, 0.1) is 0 Å². The molecule has 2 heterocycles. The van der Waals surface area contributed by atoms with E-state index in [-0.39, 0.29) is 5.60 Å². The Kier molecular flexibility index (Phi) is 5.76. The third-order valence-corrected chi connectivity index (χ3v) is 5.80. The van der Waals surface area contributed by atoms with Crippen LogP contribution < -0.4 is 0 Å². The van der Waals surface area contributed by atoms with Crippen LogP contribution in [0.1, 0.15) is 81.9 Å². The molecule has 1 aliphatic heterocycles. The van der Waals surface area contributed by atoms with Crippen LogP contribution in [0.4, 0.5) is 0 Å². The van der Waals surface area contributed by atoms with Crippen LogP contribution in [0.2, 0.25) is 0 Å². The van der Waals surface area contributed by atoms with Crippen LogP contribution in [-0.4, -0.2) is 40.9 Å². The number of unbranched alkanes of at least 4 members (excludes halogenated alkanes) is 1. The maximum Gasteiger partial charge on any atom is 0.0683 e. The van der Waals surface area contributed by atoms with Gasteiger partial charge in [-0.3, -0.25) is 5.10 Å². The molecule has 2 aliphatic rings. The van der Waals surface area contributed by atoms with Gasteiger partial charge in [0.15, 0.2) is 0 Å². The Morgan fingerprint density at radius 1 is 1.30 bits per heavy atom. The van der Waals surface area contributed by atoms with E-state index in [0.29, 0.717) is 5.92 Å². The van der Waals surface area contributed by atoms with E-state index in [1.165, 1.54) is 69.0 Å². The SMILES string of the molecule is CCCCN(C)Cc1cn[nH]c1[C@@H]1CCC2(CCCCC2)OC1. The fraction of sp³-hybridized carbons (Fsp3) is 0.842. The van der Waals surface area contributed by atoms with E-state index < -0.39 is 0 Å². The molecule has 1 saturated carbocycles. The Labute approximate surface area is 141 Å². The normalized spacial score (nSPS) is 24.4. The van der Waals surface area contributed by atoms with Crippen LogP contribution in [-0.2, 0) is 11.3 Å². The highest BCUT2D eigenvalue weighted by Gasteiger charge is 2.38. The summed E-state index contributed by atoms with van der Waals surface area (Å²) in [6.45, 7) is 5.27. The highest BCUT2D eigenvalue weighted by atomic mass is 16.5. The van der Waals surface area contributed by atoms with Crippen molar-refractivity contribution in [3.8, 4) is 0 Å². The van der Waals surface area contributed by atoms with E-state index in [1.807, 2.05) is 6.20 Å². The molecule has 1 saturated heterocycles. The Morgan fingerprint density at radius 3 is 2.83 bits per heavy atom. The molecule has 1 aromatic heterocycles. The molecular formula is C19H33N3O. The summed E-state index contributed by atoms with van der Waals surface area (Å²) in [6, 6.07) is 0. The summed E-state index contributed by atoms with van der Waals surface area (Å²) in [7, 11) is 2.21. The van der Waals surface area contributed by atoms with Crippen molar-refractivity contribution in [1.29, 1.82) is 0 Å². The van der Waals surface area contributed by atoms with Crippen LogP contribution in [0.5, 0.6) is 0 Å². The maximum absolute atomic E-state index is 6.41. The molecule has 0 aromatic carbocycles. The zero-order valence-corrected chi connectivity index (χ0v) is 14.9. The first-order valence-corrected chi connectivity index (χ1v) is 9.57. The lowest BCUT2D eigenvalue weighted by Crippen LogP contribution is -2.40. The molecule has 130 valence electrons. The number of hydrogen-bond acceptors (Lipinski definition) is 3. The van der Waals surface area contributed by atoms with Gasteiger partial charge in [0.05, 0.1) is 18.4 Å². The van der Waals surface area contributed by atoms with E-state index >= 15 is 0 Å². The van der Waals surface area contributed by atoms with Crippen molar-refractivity contribution in [2.24, 2.45) is 0 Å². The van der Waals surface area contributed by atoms with Crippen LogP contribution in [0.15, 0.2) is 6.20 Å². The Hall–Kier alpha value is -0.870. The molecule has 4 heteroatoms. The van der Waals surface area contributed by atoms with Gasteiger partial charge in [-0.1, -0.05) is 32.6 Å². The smallest absolute Gasteiger partial charge is 0.0683 e. The van der Waals surface area contributed by atoms with Crippen LogP contribution in [0.3, 0.4) is 0 Å². The lowest BCUT2D eigenvalue weighted by atomic mass is 9.77. The standard InChI is InChI=1S/C19H33N3O/c1-3-4-12-22(2)14-17-13-20-21-18(17)16-8-11-19(23-15-16)9-6-5-7-10-19/h13,16H,3-12,14-15H2,1-2H3,(H,20,21)/t16-/m1/s1. The second-order valence-electron chi connectivity index (χ2n) is 7.69. The van der Waals surface area contributed by atoms with Crippen molar-refractivity contribution in [2.45, 2.75) is 82.8 Å². The molecule has 1 N–H and O–H groups in total. The molecule has 1 aliphatic carbocycles. The molecule has 0 amide bonds. The van der Waals surface area contributed by atoms with Crippen molar-refractivity contribution in [1.82, 2.24) is 15.1 Å². The molecule has 4 nitrogen and oxygen atoms in total. The lowest BCUT2D eigenvalue weighted by Gasteiger charge is -2.43. The topological polar surface area (TPSA) is 41.2 Å². The summed E-state index contributed by atoms with van der Waals surface area (Å²) in [6.07, 6.45) is 13.6. The van der Waals surface area contributed by atoms with E-state index in [2.05, 4.69) is 29.1 Å². The number of nitrogens with zero attached hydrogens (tertiary/aromatic N) is 2. The molecule has 1 atom stereocenters. The zero-order chi connectivity index (χ0) is 16.1. The summed E-state index contributed by atoms with van der Waals surface area (Å²) in [4.78, 5) is 2.41. The molecule has 1 aromatic rings. The number of hydrogen-bond donors (Lipinski definition) is 1. The number of aromatic nitrogens is 2. The molecule has 0 unspecified atom stereocenters. The minimum Gasteiger partial charge on any atom is -0.374 e. The second-order valence-corrected chi connectivity index (χ2v) is 7.69. The molecular weight excluding hydrogens is 286 g/mol. The first-order valence-electron chi connectivity index (χ1n) is 9.57. The van der Waals surface area contributed by atoms with Crippen LogP contribution >= 0.6 is 0 Å². The van der Waals surface area contributed by atoms with Crippen molar-refractivity contribution >= 4 is 0 Å². The predicted molar refractivity (Wildman–Crippen MR) is 93.6 cm³/mol. The van der Waals surface area contributed by atoms with Crippen molar-refractivity contribution in [3.63, 3.8) is 0 Å². The number of aromatic amines is 1. The third-order valence-electron chi connectivity index (χ3n) is 5.80. The average Bonchev–Trinajstić information content (AvgIpc) is 3.02. The van der Waals surface area contributed by atoms with Gasteiger partial charge in [0.25, 0.3) is 0 Å². The van der Waals surface area contributed by atoms with Crippen molar-refractivity contribution in [2.75, 3.05) is 20.2 Å². The molecule has 0 bridgehead atoms. The number of H-pyrrole nitrogens is 1. The number of nitrogens with one attached hydrogen (secondary N) is 1. The molecule has 0 radical (unpaired) electrons. The number of ether oxygens (including phenoxy) is 1. The number of rotatable bonds is 6. The monoisotopic (exact) mass is 319 g/mol. The second kappa shape index (κ2) is 7.80. The fourth-order valence-electron chi connectivity index (χ4n) is 4.29. The van der Waals surface area contributed by atoms with Crippen molar-refractivity contribution < 1.29 is 4.74 Å². The molecule has 23 heavy (non-hydrogen) atoms. The Morgan fingerprint density at radius 2 is 2.13 bits per heavy atom. The van der Waals surface area contributed by atoms with Gasteiger partial charge in [0.1, 0.15) is 0 Å². The van der Waals surface area contributed by atoms with Gasteiger partial charge in [0.2, 0.25) is 0 Å². The van der Waals surface area contributed by atoms with E-state index in [1.54, 1.807) is 0 Å². The van der Waals surface area contributed by atoms with E-state index in [4.69, 9.17) is 4.74 Å². The van der Waals surface area contributed by atoms with Crippen molar-refractivity contribution in [3.05, 3.63) is 17.5 Å². The summed E-state index contributed by atoms with van der Waals surface area (Å²) < 4.78 is 6.41. The van der Waals surface area contributed by atoms with Gasteiger partial charge in [-0.2, -0.15) is 5.10 Å². The highest BCUT2D eigenvalue weighted by molar-refractivity contribution is 5.21. The van der Waals surface area contributed by atoms with E-state index in [9.17, 15) is 0 Å². The first-order chi connectivity index (χ1) is 11.2. The summed E-state index contributed by atoms with van der Waals surface area (Å²) in [5, 5.41) is 7.60. The van der Waals surface area contributed by atoms with Crippen LogP contribution in [0.25, 0.3) is 0 Å². The summed E-state index contributed by atoms with van der Waals surface area (Å²) >= 11 is 0. The van der Waals surface area contributed by atoms with E-state index in [0.717, 1.165) is 19.7 Å². The Balaban J connectivity index is 1.57. The Bertz CT molecular complexity index is 469. The summed E-state index contributed by atoms with van der Waals surface area (Å²) in [5.41, 5.74) is 2.89. The van der Waals surface area contributed by atoms with Gasteiger partial charge in [-0.05, 0) is 45.7 Å². The zero-order valence-electron chi connectivity index (χ0n) is 14.9. The largest absolute Gasteiger partial charge is 0.374 e. The lowest BCUT2D eigenvalue weighted by molar-refractivity contribution is -0.108. The molecule has 2 fully saturated rings. The minimum absolute atomic E-state index is 0.215. The summed E-state index contributed by atoms with van der Waals surface area (Å²) in [5.74, 6) is 0.500. The third kappa shape index (κ3) is 4.16. The minimum atomic E-state index is 0.215. The molecule has 1 spiro atoms. The van der Waals surface area contributed by atoms with Gasteiger partial charge >= 0.3 is 0 Å². The highest BCUT2D eigenvalue weighted by Crippen LogP contribution is 2.42. The molecule has 3 rings (SSSR count). The van der Waals surface area contributed by atoms with Gasteiger partial charge in [-0.15, -0.1) is 0 Å². The van der Waals surface area contributed by atoms with Gasteiger partial charge in [-0.25, -0.2) is 0 Å². The van der Waals surface area contributed by atoms with Gasteiger partial charge < -0.3 is 9.64 Å². The quantitative estimate of drug-likeness (QED) is 0.852. The first kappa shape index (κ1) is 17.0.